The normalized spacial score (nSPS) is 12.3. The van der Waals surface area contributed by atoms with Crippen molar-refractivity contribution < 1.29 is 14.5 Å². The number of fused-ring (bicyclic) bond motifs is 1. The van der Waals surface area contributed by atoms with Gasteiger partial charge in [-0.05, 0) is 41.9 Å². The summed E-state index contributed by atoms with van der Waals surface area (Å²) < 4.78 is 7.56. The quantitative estimate of drug-likeness (QED) is 0.257. The molecule has 0 saturated carbocycles. The number of aromatic nitrogens is 1. The molecule has 0 fully saturated rings. The lowest BCUT2D eigenvalue weighted by atomic mass is 9.72. The summed E-state index contributed by atoms with van der Waals surface area (Å²) in [6.07, 6.45) is 2.46. The lowest BCUT2D eigenvalue weighted by Gasteiger charge is -2.33. The summed E-state index contributed by atoms with van der Waals surface area (Å²) in [6, 6.07) is 12.9. The van der Waals surface area contributed by atoms with E-state index in [0.717, 1.165) is 34.1 Å². The number of rotatable bonds is 8. The molecular weight excluding hydrogens is 444 g/mol. The highest BCUT2D eigenvalue weighted by Gasteiger charge is 2.30. The first-order valence-electron chi connectivity index (χ1n) is 11.6. The van der Waals surface area contributed by atoms with Gasteiger partial charge in [0.1, 0.15) is 0 Å². The van der Waals surface area contributed by atoms with E-state index >= 15 is 0 Å². The van der Waals surface area contributed by atoms with E-state index < -0.39 is 17.4 Å². The van der Waals surface area contributed by atoms with Crippen molar-refractivity contribution in [2.45, 2.75) is 53.4 Å². The third kappa shape index (κ3) is 6.07. The van der Waals surface area contributed by atoms with Crippen LogP contribution in [0.3, 0.4) is 0 Å². The van der Waals surface area contributed by atoms with Crippen LogP contribution >= 0.6 is 0 Å². The minimum absolute atomic E-state index is 0.0503. The van der Waals surface area contributed by atoms with E-state index in [1.807, 2.05) is 44.3 Å². The second-order valence-electron chi connectivity index (χ2n) is 10.7. The van der Waals surface area contributed by atoms with Crippen molar-refractivity contribution >= 4 is 28.7 Å². The number of hydrogen-bond donors (Lipinski definition) is 1. The van der Waals surface area contributed by atoms with Gasteiger partial charge in [0.25, 0.3) is 5.91 Å². The summed E-state index contributed by atoms with van der Waals surface area (Å²) >= 11 is 0. The van der Waals surface area contributed by atoms with Crippen LogP contribution in [0.2, 0.25) is 0 Å². The maximum Gasteiger partial charge on any atom is 0.311 e. The molecule has 0 radical (unpaired) electrons. The van der Waals surface area contributed by atoms with Gasteiger partial charge in [-0.1, -0.05) is 58.9 Å². The first-order valence-corrected chi connectivity index (χ1v) is 11.6. The van der Waals surface area contributed by atoms with Gasteiger partial charge in [-0.3, -0.25) is 14.9 Å². The fraction of sp³-hybridized carbons (Fsp3) is 0.407. The van der Waals surface area contributed by atoms with E-state index in [0.29, 0.717) is 0 Å². The predicted molar refractivity (Wildman–Crippen MR) is 139 cm³/mol. The lowest BCUT2D eigenvalue weighted by Crippen LogP contribution is -2.26. The third-order valence-corrected chi connectivity index (χ3v) is 6.10. The summed E-state index contributed by atoms with van der Waals surface area (Å²) in [5, 5.41) is 16.8. The van der Waals surface area contributed by atoms with Crippen molar-refractivity contribution in [2.75, 3.05) is 6.61 Å². The number of para-hydroxylation sites is 1. The second-order valence-corrected chi connectivity index (χ2v) is 10.7. The molecule has 1 aromatic heterocycles. The molecule has 1 amide bonds. The molecule has 0 atom stereocenters. The van der Waals surface area contributed by atoms with Crippen LogP contribution in [0.15, 0.2) is 47.6 Å². The standard InChI is InChI=1S/C27H34N4O4/c1-18-21(20-10-8-9-11-22(20)30(18)7)15-28-29-25(32)16-35-24-13-12-19(14-23(24)31(33)34)27(5,6)17-26(2,3)4/h8-15H,16-17H2,1-7H3,(H,29,32)/b28-15-. The van der Waals surface area contributed by atoms with Crippen molar-refractivity contribution in [3.63, 3.8) is 0 Å². The fourth-order valence-corrected chi connectivity index (χ4v) is 4.69. The highest BCUT2D eigenvalue weighted by Crippen LogP contribution is 2.39. The molecular formula is C27H34N4O4. The number of nitro benzene ring substituents is 1. The van der Waals surface area contributed by atoms with Crippen LogP contribution in [0.5, 0.6) is 5.75 Å². The maximum atomic E-state index is 12.3. The molecule has 0 aliphatic carbocycles. The Labute approximate surface area is 206 Å². The summed E-state index contributed by atoms with van der Waals surface area (Å²) in [4.78, 5) is 23.5. The number of amides is 1. The van der Waals surface area contributed by atoms with E-state index in [4.69, 9.17) is 4.74 Å². The minimum atomic E-state index is -0.509. The topological polar surface area (TPSA) is 98.8 Å². The number of hydrazone groups is 1. The number of aryl methyl sites for hydroxylation is 1. The molecule has 3 rings (SSSR count). The zero-order valence-electron chi connectivity index (χ0n) is 21.5. The van der Waals surface area contributed by atoms with Crippen LogP contribution in [0.4, 0.5) is 5.69 Å². The average molecular weight is 479 g/mol. The summed E-state index contributed by atoms with van der Waals surface area (Å²) in [6.45, 7) is 12.2. The van der Waals surface area contributed by atoms with E-state index in [-0.39, 0.29) is 22.3 Å². The average Bonchev–Trinajstić information content (AvgIpc) is 3.01. The fourth-order valence-electron chi connectivity index (χ4n) is 4.69. The molecule has 8 nitrogen and oxygen atoms in total. The zero-order valence-corrected chi connectivity index (χ0v) is 21.5. The molecule has 0 saturated heterocycles. The zero-order chi connectivity index (χ0) is 26.0. The van der Waals surface area contributed by atoms with Gasteiger partial charge in [-0.25, -0.2) is 5.43 Å². The molecule has 186 valence electrons. The van der Waals surface area contributed by atoms with E-state index in [2.05, 4.69) is 49.7 Å². The van der Waals surface area contributed by atoms with Gasteiger partial charge in [-0.2, -0.15) is 5.10 Å². The highest BCUT2D eigenvalue weighted by molar-refractivity contribution is 6.01. The Bertz CT molecular complexity index is 1280. The molecule has 2 aromatic carbocycles. The van der Waals surface area contributed by atoms with Crippen molar-refractivity contribution in [1.82, 2.24) is 9.99 Å². The Kier molecular flexibility index (Phi) is 7.33. The third-order valence-electron chi connectivity index (χ3n) is 6.10. The molecule has 3 aromatic rings. The summed E-state index contributed by atoms with van der Waals surface area (Å²) in [5.41, 5.74) is 5.94. The largest absolute Gasteiger partial charge is 0.477 e. The van der Waals surface area contributed by atoms with Crippen LogP contribution in [0.25, 0.3) is 10.9 Å². The predicted octanol–water partition coefficient (Wildman–Crippen LogP) is 5.64. The van der Waals surface area contributed by atoms with Gasteiger partial charge in [-0.15, -0.1) is 0 Å². The Morgan fingerprint density at radius 2 is 1.86 bits per heavy atom. The molecule has 1 heterocycles. The van der Waals surface area contributed by atoms with Gasteiger partial charge in [0.05, 0.1) is 11.1 Å². The molecule has 8 heteroatoms. The number of benzene rings is 2. The molecule has 1 N–H and O–H groups in total. The molecule has 0 unspecified atom stereocenters. The Balaban J connectivity index is 1.69. The first-order chi connectivity index (χ1) is 16.3. The lowest BCUT2D eigenvalue weighted by molar-refractivity contribution is -0.385. The van der Waals surface area contributed by atoms with Gasteiger partial charge in [0.15, 0.2) is 12.4 Å². The van der Waals surface area contributed by atoms with Gasteiger partial charge < -0.3 is 9.30 Å². The van der Waals surface area contributed by atoms with E-state index in [9.17, 15) is 14.9 Å². The van der Waals surface area contributed by atoms with E-state index in [1.165, 1.54) is 0 Å². The maximum absolute atomic E-state index is 12.3. The number of ether oxygens (including phenoxy) is 1. The van der Waals surface area contributed by atoms with Crippen molar-refractivity contribution in [2.24, 2.45) is 17.6 Å². The van der Waals surface area contributed by atoms with Crippen molar-refractivity contribution in [3.05, 3.63) is 69.4 Å². The monoisotopic (exact) mass is 478 g/mol. The highest BCUT2D eigenvalue weighted by atomic mass is 16.6. The van der Waals surface area contributed by atoms with Gasteiger partial charge in [0, 0.05) is 35.3 Å². The number of hydrogen-bond acceptors (Lipinski definition) is 5. The van der Waals surface area contributed by atoms with Crippen LogP contribution in [0, 0.1) is 22.5 Å². The second kappa shape index (κ2) is 9.90. The SMILES string of the molecule is Cc1c(/C=N\NC(=O)COc2ccc(C(C)(C)CC(C)(C)C)cc2[N+](=O)[O-])c2ccccc2n1C. The van der Waals surface area contributed by atoms with Crippen molar-refractivity contribution in [3.8, 4) is 5.75 Å². The van der Waals surface area contributed by atoms with Crippen molar-refractivity contribution in [1.29, 1.82) is 0 Å². The van der Waals surface area contributed by atoms with Crippen LogP contribution in [-0.2, 0) is 17.3 Å². The van der Waals surface area contributed by atoms with Crippen LogP contribution < -0.4 is 10.2 Å². The molecule has 0 aliphatic heterocycles. The van der Waals surface area contributed by atoms with Gasteiger partial charge >= 0.3 is 5.69 Å². The number of nitrogens with zero attached hydrogens (tertiary/aromatic N) is 3. The smallest absolute Gasteiger partial charge is 0.311 e. The molecule has 0 bridgehead atoms. The Morgan fingerprint density at radius 1 is 1.17 bits per heavy atom. The summed E-state index contributed by atoms with van der Waals surface area (Å²) in [7, 11) is 1.98. The number of carbonyl (C=O) groups excluding carboxylic acids is 1. The molecule has 0 aliphatic rings. The van der Waals surface area contributed by atoms with Crippen LogP contribution in [0.1, 0.15) is 57.9 Å². The Morgan fingerprint density at radius 3 is 2.51 bits per heavy atom. The Hall–Kier alpha value is -3.68. The number of nitrogens with one attached hydrogen (secondary N) is 1. The van der Waals surface area contributed by atoms with Gasteiger partial charge in [0.2, 0.25) is 0 Å². The number of nitro groups is 1. The van der Waals surface area contributed by atoms with E-state index in [1.54, 1.807) is 18.3 Å². The minimum Gasteiger partial charge on any atom is -0.477 e. The van der Waals surface area contributed by atoms with Crippen LogP contribution in [-0.4, -0.2) is 28.2 Å². The number of carbonyl (C=O) groups is 1. The molecule has 35 heavy (non-hydrogen) atoms. The molecule has 0 spiro atoms. The summed E-state index contributed by atoms with van der Waals surface area (Å²) in [5.74, 6) is -0.458. The first kappa shape index (κ1) is 25.9.